The van der Waals surface area contributed by atoms with Gasteiger partial charge in [-0.25, -0.2) is 0 Å². The van der Waals surface area contributed by atoms with Crippen molar-refractivity contribution in [2.45, 2.75) is 11.2 Å². The number of pyridine rings is 1. The van der Waals surface area contributed by atoms with E-state index in [1.165, 1.54) is 38.4 Å². The lowest BCUT2D eigenvalue weighted by Crippen LogP contribution is -2.37. The number of hydrogen-bond acceptors (Lipinski definition) is 1. The third-order valence-electron chi connectivity index (χ3n) is 9.15. The second-order valence-electron chi connectivity index (χ2n) is 11.2. The Bertz CT molecular complexity index is 2120. The summed E-state index contributed by atoms with van der Waals surface area (Å²) in [5.41, 5.74) is 8.75. The summed E-state index contributed by atoms with van der Waals surface area (Å²) in [5.74, 6) is 0. The molecule has 0 saturated carbocycles. The molecule has 2 heteroatoms. The largest absolute Gasteiger partial charge is 0.340 e. The van der Waals surface area contributed by atoms with Gasteiger partial charge in [-0.15, -0.1) is 0 Å². The van der Waals surface area contributed by atoms with Gasteiger partial charge in [-0.2, -0.15) is 0 Å². The first-order chi connectivity index (χ1) is 20.8. The van der Waals surface area contributed by atoms with E-state index >= 15 is 0 Å². The number of rotatable bonds is 4. The first-order valence-corrected chi connectivity index (χ1v) is 14.5. The van der Waals surface area contributed by atoms with Crippen LogP contribution in [0.5, 0.6) is 0 Å². The Morgan fingerprint density at radius 3 is 1.26 bits per heavy atom. The number of ether oxygens (including phenoxy) is 1. The average Bonchev–Trinajstić information content (AvgIpc) is 3.71. The van der Waals surface area contributed by atoms with Gasteiger partial charge in [0.2, 0.25) is 0 Å². The molecule has 0 bridgehead atoms. The van der Waals surface area contributed by atoms with Gasteiger partial charge < -0.3 is 9.14 Å². The van der Waals surface area contributed by atoms with E-state index in [4.69, 9.17) is 4.74 Å². The van der Waals surface area contributed by atoms with Crippen molar-refractivity contribution in [2.75, 3.05) is 0 Å². The molecular formula is C40H27NO. The minimum Gasteiger partial charge on any atom is -0.340 e. The number of nitrogens with zero attached hydrogens (tertiary/aromatic N) is 1. The average molecular weight is 538 g/mol. The number of hydrogen-bond donors (Lipinski definition) is 0. The zero-order chi connectivity index (χ0) is 27.7. The van der Waals surface area contributed by atoms with E-state index in [2.05, 4.69) is 168 Å². The minimum absolute atomic E-state index is 0.863. The van der Waals surface area contributed by atoms with Crippen LogP contribution in [0.1, 0.15) is 33.4 Å². The lowest BCUT2D eigenvalue weighted by Gasteiger charge is -2.38. The van der Waals surface area contributed by atoms with Crippen molar-refractivity contribution in [3.05, 3.63) is 197 Å². The number of benzene rings is 5. The maximum atomic E-state index is 7.97. The van der Waals surface area contributed by atoms with Crippen LogP contribution in [-0.2, 0) is 15.9 Å². The van der Waals surface area contributed by atoms with Crippen LogP contribution >= 0.6 is 0 Å². The monoisotopic (exact) mass is 537 g/mol. The summed E-state index contributed by atoms with van der Waals surface area (Å²) in [7, 11) is 0. The van der Waals surface area contributed by atoms with Gasteiger partial charge in [-0.1, -0.05) is 152 Å². The number of aromatic nitrogens is 1. The normalized spacial score (nSPS) is 15.4. The Labute approximate surface area is 244 Å². The summed E-state index contributed by atoms with van der Waals surface area (Å²) in [6.07, 6.45) is 0. The highest BCUT2D eigenvalue weighted by Crippen LogP contribution is 2.63. The Hall–Kier alpha value is -5.18. The summed E-state index contributed by atoms with van der Waals surface area (Å²) in [4.78, 5) is 0. The zero-order valence-corrected chi connectivity index (χ0v) is 22.9. The number of fused-ring (bicyclic) bond motifs is 6. The quantitative estimate of drug-likeness (QED) is 0.218. The van der Waals surface area contributed by atoms with Crippen LogP contribution in [0.3, 0.4) is 0 Å². The molecule has 1 aliphatic heterocycles. The summed E-state index contributed by atoms with van der Waals surface area (Å²) < 4.78 is 10.5. The molecule has 1 aliphatic rings. The van der Waals surface area contributed by atoms with Gasteiger partial charge >= 0.3 is 0 Å². The van der Waals surface area contributed by atoms with E-state index in [1.807, 2.05) is 0 Å². The summed E-state index contributed by atoms with van der Waals surface area (Å²) in [6.45, 7) is 0. The van der Waals surface area contributed by atoms with Crippen LogP contribution in [-0.4, -0.2) is 4.40 Å². The lowest BCUT2D eigenvalue weighted by molar-refractivity contribution is -0.0531. The maximum absolute atomic E-state index is 7.97. The maximum Gasteiger partial charge on any atom is 0.148 e. The van der Waals surface area contributed by atoms with E-state index in [0.29, 0.717) is 0 Å². The van der Waals surface area contributed by atoms with Crippen LogP contribution < -0.4 is 0 Å². The third-order valence-corrected chi connectivity index (χ3v) is 9.15. The molecule has 0 saturated heterocycles. The predicted molar refractivity (Wildman–Crippen MR) is 170 cm³/mol. The SMILES string of the molecule is c1ccc(C2(c3ccccc3)OC(c3ccccc3)(c3ccccc3)c3c2c2cccc4c5ccccc5c3n24)cc1. The van der Waals surface area contributed by atoms with Gasteiger partial charge in [0.1, 0.15) is 11.2 Å². The van der Waals surface area contributed by atoms with Crippen molar-refractivity contribution < 1.29 is 4.74 Å². The van der Waals surface area contributed by atoms with Crippen molar-refractivity contribution in [1.29, 1.82) is 0 Å². The predicted octanol–water partition coefficient (Wildman–Crippen LogP) is 9.30. The topological polar surface area (TPSA) is 13.6 Å². The van der Waals surface area contributed by atoms with E-state index < -0.39 is 11.2 Å². The first-order valence-electron chi connectivity index (χ1n) is 14.5. The highest BCUT2D eigenvalue weighted by molar-refractivity contribution is 6.13. The van der Waals surface area contributed by atoms with Gasteiger partial charge in [0.25, 0.3) is 0 Å². The molecule has 3 aromatic heterocycles. The molecule has 0 N–H and O–H groups in total. The van der Waals surface area contributed by atoms with E-state index in [9.17, 15) is 0 Å². The van der Waals surface area contributed by atoms with Gasteiger partial charge in [0.15, 0.2) is 0 Å². The molecule has 0 unspecified atom stereocenters. The summed E-state index contributed by atoms with van der Waals surface area (Å²) in [5, 5.41) is 2.50. The summed E-state index contributed by atoms with van der Waals surface area (Å²) in [6, 6.07) is 58.6. The smallest absolute Gasteiger partial charge is 0.148 e. The molecule has 0 spiro atoms. The van der Waals surface area contributed by atoms with Crippen LogP contribution in [0, 0.1) is 0 Å². The molecule has 4 heterocycles. The highest BCUT2D eigenvalue weighted by atomic mass is 16.5. The van der Waals surface area contributed by atoms with Crippen molar-refractivity contribution >= 4 is 27.3 Å². The Morgan fingerprint density at radius 2 is 0.762 bits per heavy atom. The summed E-state index contributed by atoms with van der Waals surface area (Å²) >= 11 is 0. The van der Waals surface area contributed by atoms with Crippen LogP contribution in [0.25, 0.3) is 27.3 Å². The van der Waals surface area contributed by atoms with Crippen LogP contribution in [0.4, 0.5) is 0 Å². The molecule has 0 atom stereocenters. The zero-order valence-electron chi connectivity index (χ0n) is 22.9. The van der Waals surface area contributed by atoms with E-state index in [-0.39, 0.29) is 0 Å². The molecule has 42 heavy (non-hydrogen) atoms. The van der Waals surface area contributed by atoms with Crippen molar-refractivity contribution in [1.82, 2.24) is 4.40 Å². The first kappa shape index (κ1) is 23.5. The molecule has 0 amide bonds. The highest BCUT2D eigenvalue weighted by Gasteiger charge is 2.60. The second kappa shape index (κ2) is 8.66. The fourth-order valence-electron chi connectivity index (χ4n) is 7.55. The molecule has 0 aliphatic carbocycles. The molecule has 198 valence electrons. The Morgan fingerprint density at radius 1 is 0.357 bits per heavy atom. The second-order valence-corrected chi connectivity index (χ2v) is 11.2. The Balaban J connectivity index is 1.59. The van der Waals surface area contributed by atoms with Crippen LogP contribution in [0.15, 0.2) is 164 Å². The molecule has 0 radical (unpaired) electrons. The van der Waals surface area contributed by atoms with Gasteiger partial charge in [0.05, 0.1) is 16.6 Å². The van der Waals surface area contributed by atoms with Crippen molar-refractivity contribution in [2.24, 2.45) is 0 Å². The fraction of sp³-hybridized carbons (Fsp3) is 0.0500. The minimum atomic E-state index is -0.875. The van der Waals surface area contributed by atoms with E-state index in [0.717, 1.165) is 22.3 Å². The van der Waals surface area contributed by atoms with Gasteiger partial charge in [-0.3, -0.25) is 0 Å². The van der Waals surface area contributed by atoms with Crippen molar-refractivity contribution in [3.8, 4) is 0 Å². The third kappa shape index (κ3) is 2.87. The molecule has 5 aromatic carbocycles. The van der Waals surface area contributed by atoms with Crippen molar-refractivity contribution in [3.63, 3.8) is 0 Å². The van der Waals surface area contributed by atoms with E-state index in [1.54, 1.807) is 0 Å². The van der Waals surface area contributed by atoms with Crippen LogP contribution in [0.2, 0.25) is 0 Å². The Kier molecular flexibility index (Phi) is 4.85. The molecule has 0 fully saturated rings. The fourth-order valence-corrected chi connectivity index (χ4v) is 7.55. The molecular weight excluding hydrogens is 510 g/mol. The molecule has 2 nitrogen and oxygen atoms in total. The molecule has 8 aromatic rings. The van der Waals surface area contributed by atoms with Gasteiger partial charge in [-0.05, 0) is 34.4 Å². The standard InChI is InChI=1S/C40H27NO/c1-5-16-28(17-6-1)39(29-18-7-2-8-19-29)36-35-27-15-26-34-32-24-13-14-25-33(32)38(41(34)35)37(36)40(42-39,30-20-9-3-10-21-30)31-22-11-4-12-23-31/h1-27H. The lowest BCUT2D eigenvalue weighted by atomic mass is 9.76. The van der Waals surface area contributed by atoms with Gasteiger partial charge in [0, 0.05) is 21.9 Å². The molecule has 9 rings (SSSR count).